The highest BCUT2D eigenvalue weighted by atomic mass is 16.2. The van der Waals surface area contributed by atoms with E-state index >= 15 is 0 Å². The van der Waals surface area contributed by atoms with Crippen LogP contribution in [-0.4, -0.2) is 24.3 Å². The van der Waals surface area contributed by atoms with Crippen LogP contribution in [0.4, 0.5) is 0 Å². The van der Waals surface area contributed by atoms with Crippen LogP contribution >= 0.6 is 0 Å². The van der Waals surface area contributed by atoms with Crippen molar-refractivity contribution in [2.24, 2.45) is 5.92 Å². The molecule has 2 heteroatoms. The van der Waals surface area contributed by atoms with Crippen LogP contribution in [0.5, 0.6) is 0 Å². The second kappa shape index (κ2) is 10.4. The molecule has 0 fully saturated rings. The number of unbranched alkanes of at least 4 members (excludes halogenated alkanes) is 3. The highest BCUT2D eigenvalue weighted by Crippen LogP contribution is 2.12. The third-order valence-corrected chi connectivity index (χ3v) is 3.31. The van der Waals surface area contributed by atoms with Crippen molar-refractivity contribution in [1.29, 1.82) is 0 Å². The van der Waals surface area contributed by atoms with Gasteiger partial charge in [0, 0.05) is 12.6 Å². The molecule has 0 saturated heterocycles. The van der Waals surface area contributed by atoms with Crippen LogP contribution in [0.15, 0.2) is 0 Å². The van der Waals surface area contributed by atoms with Gasteiger partial charge < -0.3 is 10.4 Å². The summed E-state index contributed by atoms with van der Waals surface area (Å²) in [6.07, 6.45) is 7.15. The van der Waals surface area contributed by atoms with Crippen LogP contribution in [0.25, 0.3) is 0 Å². The Balaban J connectivity index is 3.33. The minimum atomic E-state index is 0.345. The molecule has 0 heterocycles. The van der Waals surface area contributed by atoms with Crippen LogP contribution in [0, 0.1) is 5.92 Å². The Hall–Kier alpha value is -0.0800. The summed E-state index contributed by atoms with van der Waals surface area (Å²) >= 11 is 0. The van der Waals surface area contributed by atoms with Crippen molar-refractivity contribution in [2.75, 3.05) is 13.2 Å². The fourth-order valence-electron chi connectivity index (χ4n) is 2.08. The fourth-order valence-corrected chi connectivity index (χ4v) is 2.08. The predicted molar refractivity (Wildman–Crippen MR) is 67.1 cm³/mol. The van der Waals surface area contributed by atoms with E-state index in [1.165, 1.54) is 25.7 Å². The van der Waals surface area contributed by atoms with Crippen LogP contribution in [-0.2, 0) is 0 Å². The van der Waals surface area contributed by atoms with Crippen molar-refractivity contribution >= 4 is 0 Å². The van der Waals surface area contributed by atoms with Crippen molar-refractivity contribution in [1.82, 2.24) is 5.32 Å². The third-order valence-electron chi connectivity index (χ3n) is 3.31. The molecule has 0 aliphatic carbocycles. The largest absolute Gasteiger partial charge is 0.396 e. The van der Waals surface area contributed by atoms with Gasteiger partial charge in [0.1, 0.15) is 0 Å². The molecule has 0 rings (SSSR count). The molecule has 0 aliphatic rings. The Kier molecular flexibility index (Phi) is 10.4. The summed E-state index contributed by atoms with van der Waals surface area (Å²) in [7, 11) is 0. The van der Waals surface area contributed by atoms with Gasteiger partial charge in [-0.25, -0.2) is 0 Å². The quantitative estimate of drug-likeness (QED) is 0.549. The zero-order valence-corrected chi connectivity index (χ0v) is 10.8. The Bertz CT molecular complexity index is 124. The van der Waals surface area contributed by atoms with Gasteiger partial charge >= 0.3 is 0 Å². The van der Waals surface area contributed by atoms with E-state index in [1.807, 2.05) is 0 Å². The lowest BCUT2D eigenvalue weighted by Crippen LogP contribution is -2.33. The minimum Gasteiger partial charge on any atom is -0.396 e. The molecular formula is C13H29NO. The van der Waals surface area contributed by atoms with Crippen molar-refractivity contribution in [3.8, 4) is 0 Å². The van der Waals surface area contributed by atoms with Gasteiger partial charge in [-0.05, 0) is 32.2 Å². The molecule has 1 atom stereocenters. The summed E-state index contributed by atoms with van der Waals surface area (Å²) in [5.41, 5.74) is 0. The molecule has 0 aromatic heterocycles. The van der Waals surface area contributed by atoms with Crippen LogP contribution < -0.4 is 5.32 Å². The molecule has 0 radical (unpaired) electrons. The zero-order chi connectivity index (χ0) is 11.5. The molecule has 0 aromatic carbocycles. The van der Waals surface area contributed by atoms with E-state index in [2.05, 4.69) is 26.1 Å². The number of aliphatic hydroxyl groups excluding tert-OH is 1. The maximum absolute atomic E-state index is 8.63. The molecule has 2 N–H and O–H groups in total. The molecule has 0 aliphatic heterocycles. The number of aliphatic hydroxyl groups is 1. The predicted octanol–water partition coefficient (Wildman–Crippen LogP) is 2.95. The average Bonchev–Trinajstić information content (AvgIpc) is 2.25. The van der Waals surface area contributed by atoms with Crippen molar-refractivity contribution in [3.63, 3.8) is 0 Å². The Morgan fingerprint density at radius 2 is 1.60 bits per heavy atom. The van der Waals surface area contributed by atoms with E-state index in [9.17, 15) is 0 Å². The smallest absolute Gasteiger partial charge is 0.0431 e. The lowest BCUT2D eigenvalue weighted by atomic mass is 9.95. The van der Waals surface area contributed by atoms with Gasteiger partial charge in [-0.3, -0.25) is 0 Å². The number of hydrogen-bond donors (Lipinski definition) is 2. The van der Waals surface area contributed by atoms with E-state index in [1.54, 1.807) is 0 Å². The Morgan fingerprint density at radius 3 is 2.13 bits per heavy atom. The van der Waals surface area contributed by atoms with Gasteiger partial charge in [-0.2, -0.15) is 0 Å². The third kappa shape index (κ3) is 7.80. The molecule has 92 valence electrons. The highest BCUT2D eigenvalue weighted by Gasteiger charge is 2.11. The van der Waals surface area contributed by atoms with Gasteiger partial charge in [-0.15, -0.1) is 0 Å². The summed E-state index contributed by atoms with van der Waals surface area (Å²) < 4.78 is 0. The summed E-state index contributed by atoms with van der Waals surface area (Å²) in [5.74, 6) is 0.822. The molecule has 2 nitrogen and oxygen atoms in total. The first-order valence-corrected chi connectivity index (χ1v) is 6.60. The first-order valence-electron chi connectivity index (χ1n) is 6.60. The van der Waals surface area contributed by atoms with E-state index in [-0.39, 0.29) is 0 Å². The van der Waals surface area contributed by atoms with Crippen molar-refractivity contribution in [3.05, 3.63) is 0 Å². The van der Waals surface area contributed by atoms with Crippen LogP contribution in [0.2, 0.25) is 0 Å². The minimum absolute atomic E-state index is 0.345. The number of hydrogen-bond acceptors (Lipinski definition) is 2. The fraction of sp³-hybridized carbons (Fsp3) is 1.00. The van der Waals surface area contributed by atoms with Crippen LogP contribution in [0.1, 0.15) is 59.3 Å². The number of nitrogens with one attached hydrogen (secondary N) is 1. The van der Waals surface area contributed by atoms with Crippen molar-refractivity contribution in [2.45, 2.75) is 65.3 Å². The topological polar surface area (TPSA) is 32.3 Å². The number of rotatable bonds is 10. The summed E-state index contributed by atoms with van der Waals surface area (Å²) in [4.78, 5) is 0. The van der Waals surface area contributed by atoms with E-state index < -0.39 is 0 Å². The molecule has 0 amide bonds. The Labute approximate surface area is 95.5 Å². The molecule has 0 spiro atoms. The highest BCUT2D eigenvalue weighted by molar-refractivity contribution is 4.69. The standard InChI is InChI=1S/C13H29NO/c1-4-13(5-2)12(3)14-10-8-6-7-9-11-15/h12-15H,4-11H2,1-3H3. The second-order valence-electron chi connectivity index (χ2n) is 4.46. The van der Waals surface area contributed by atoms with E-state index in [0.29, 0.717) is 12.6 Å². The lowest BCUT2D eigenvalue weighted by Gasteiger charge is -2.22. The summed E-state index contributed by atoms with van der Waals surface area (Å²) in [6, 6.07) is 0.651. The molecule has 0 aromatic rings. The first kappa shape index (κ1) is 14.9. The first-order chi connectivity index (χ1) is 7.26. The molecular weight excluding hydrogens is 186 g/mol. The molecule has 0 saturated carbocycles. The SMILES string of the molecule is CCC(CC)C(C)NCCCCCCO. The lowest BCUT2D eigenvalue weighted by molar-refractivity contribution is 0.281. The molecule has 0 bridgehead atoms. The van der Waals surface area contributed by atoms with Gasteiger partial charge in [0.25, 0.3) is 0 Å². The van der Waals surface area contributed by atoms with E-state index in [4.69, 9.17) is 5.11 Å². The van der Waals surface area contributed by atoms with Crippen molar-refractivity contribution < 1.29 is 5.11 Å². The van der Waals surface area contributed by atoms with Gasteiger partial charge in [-0.1, -0.05) is 39.5 Å². The van der Waals surface area contributed by atoms with Gasteiger partial charge in [0.2, 0.25) is 0 Å². The molecule has 1 unspecified atom stereocenters. The van der Waals surface area contributed by atoms with Gasteiger partial charge in [0.15, 0.2) is 0 Å². The second-order valence-corrected chi connectivity index (χ2v) is 4.46. The van der Waals surface area contributed by atoms with E-state index in [0.717, 1.165) is 25.3 Å². The zero-order valence-electron chi connectivity index (χ0n) is 10.8. The van der Waals surface area contributed by atoms with Crippen LogP contribution in [0.3, 0.4) is 0 Å². The summed E-state index contributed by atoms with van der Waals surface area (Å²) in [6.45, 7) is 8.31. The maximum Gasteiger partial charge on any atom is 0.0431 e. The normalized spacial score (nSPS) is 13.4. The molecule has 15 heavy (non-hydrogen) atoms. The monoisotopic (exact) mass is 215 g/mol. The average molecular weight is 215 g/mol. The maximum atomic E-state index is 8.63. The van der Waals surface area contributed by atoms with Gasteiger partial charge in [0.05, 0.1) is 0 Å². The summed E-state index contributed by atoms with van der Waals surface area (Å²) in [5, 5.41) is 12.2. The Morgan fingerprint density at radius 1 is 1.00 bits per heavy atom.